The number of aliphatic imine (C=N–C) groups is 1. The Kier molecular flexibility index (Phi) is 5.88. The smallest absolute Gasteiger partial charge is 0.191 e. The van der Waals surface area contributed by atoms with Gasteiger partial charge in [0.05, 0.1) is 17.6 Å². The normalized spacial score (nSPS) is 11.5. The second kappa shape index (κ2) is 7.88. The van der Waals surface area contributed by atoms with Crippen LogP contribution < -0.4 is 10.6 Å². The third-order valence-corrected chi connectivity index (χ3v) is 3.61. The zero-order valence-electron chi connectivity index (χ0n) is 12.5. The molecular weight excluding hydrogens is 351 g/mol. The van der Waals surface area contributed by atoms with Crippen molar-refractivity contribution < 1.29 is 4.39 Å². The number of nitrogens with one attached hydrogen (secondary N) is 2. The van der Waals surface area contributed by atoms with E-state index in [0.717, 1.165) is 17.9 Å². The van der Waals surface area contributed by atoms with E-state index in [-0.39, 0.29) is 5.82 Å². The second-order valence-corrected chi connectivity index (χ2v) is 5.45. The Bertz CT molecular complexity index is 655. The highest BCUT2D eigenvalue weighted by Gasteiger charge is 2.04. The summed E-state index contributed by atoms with van der Waals surface area (Å²) >= 11 is 3.14. The second-order valence-electron chi connectivity index (χ2n) is 4.60. The Labute approximate surface area is 137 Å². The molecule has 8 heteroatoms. The van der Waals surface area contributed by atoms with Gasteiger partial charge in [-0.2, -0.15) is 5.10 Å². The van der Waals surface area contributed by atoms with Crippen LogP contribution in [0.15, 0.2) is 34.0 Å². The van der Waals surface area contributed by atoms with Gasteiger partial charge < -0.3 is 10.6 Å². The zero-order chi connectivity index (χ0) is 15.9. The van der Waals surface area contributed by atoms with E-state index in [1.54, 1.807) is 10.7 Å². The van der Waals surface area contributed by atoms with Crippen molar-refractivity contribution in [3.05, 3.63) is 46.2 Å². The van der Waals surface area contributed by atoms with Gasteiger partial charge >= 0.3 is 0 Å². The van der Waals surface area contributed by atoms with Gasteiger partial charge in [0.2, 0.25) is 0 Å². The van der Waals surface area contributed by atoms with Gasteiger partial charge in [-0.3, -0.25) is 4.68 Å². The van der Waals surface area contributed by atoms with E-state index >= 15 is 0 Å². The highest BCUT2D eigenvalue weighted by Crippen LogP contribution is 2.16. The maximum Gasteiger partial charge on any atom is 0.191 e. The van der Waals surface area contributed by atoms with Crippen LogP contribution in [0.1, 0.15) is 18.3 Å². The van der Waals surface area contributed by atoms with Crippen LogP contribution in [0.3, 0.4) is 0 Å². The van der Waals surface area contributed by atoms with Gasteiger partial charge in [-0.1, -0.05) is 6.07 Å². The lowest BCUT2D eigenvalue weighted by Crippen LogP contribution is -2.37. The average molecular weight is 369 g/mol. The molecule has 2 rings (SSSR count). The van der Waals surface area contributed by atoms with Crippen LogP contribution in [0.4, 0.5) is 4.39 Å². The number of aromatic nitrogens is 3. The Morgan fingerprint density at radius 2 is 2.23 bits per heavy atom. The van der Waals surface area contributed by atoms with Crippen LogP contribution >= 0.6 is 15.9 Å². The van der Waals surface area contributed by atoms with E-state index in [0.29, 0.717) is 23.5 Å². The van der Waals surface area contributed by atoms with Gasteiger partial charge in [-0.25, -0.2) is 14.4 Å². The summed E-state index contributed by atoms with van der Waals surface area (Å²) in [6.45, 7) is 3.62. The molecule has 0 atom stereocenters. The Hall–Kier alpha value is -1.96. The molecule has 0 saturated carbocycles. The summed E-state index contributed by atoms with van der Waals surface area (Å²) in [5, 5.41) is 10.3. The van der Waals surface area contributed by atoms with Crippen molar-refractivity contribution in [2.45, 2.75) is 20.0 Å². The number of guanidine groups is 1. The van der Waals surface area contributed by atoms with Crippen molar-refractivity contribution >= 4 is 21.9 Å². The fourth-order valence-electron chi connectivity index (χ4n) is 1.79. The molecule has 0 saturated heterocycles. The number of hydrogen-bond acceptors (Lipinski definition) is 3. The minimum atomic E-state index is -0.287. The minimum absolute atomic E-state index is 0.287. The quantitative estimate of drug-likeness (QED) is 0.625. The van der Waals surface area contributed by atoms with Crippen molar-refractivity contribution in [3.63, 3.8) is 0 Å². The van der Waals surface area contributed by atoms with Gasteiger partial charge in [0.25, 0.3) is 0 Å². The molecule has 0 aliphatic carbocycles. The highest BCUT2D eigenvalue weighted by atomic mass is 79.9. The van der Waals surface area contributed by atoms with Gasteiger partial charge in [0.1, 0.15) is 18.0 Å². The first-order chi connectivity index (χ1) is 10.6. The van der Waals surface area contributed by atoms with Crippen LogP contribution in [0.5, 0.6) is 0 Å². The number of benzene rings is 1. The molecule has 0 aliphatic rings. The summed E-state index contributed by atoms with van der Waals surface area (Å²) in [5.41, 5.74) is 0.802. The first-order valence-electron chi connectivity index (χ1n) is 6.89. The van der Waals surface area contributed by atoms with Crippen LogP contribution in [0.25, 0.3) is 0 Å². The number of halogens is 2. The van der Waals surface area contributed by atoms with Gasteiger partial charge in [0.15, 0.2) is 5.96 Å². The zero-order valence-corrected chi connectivity index (χ0v) is 14.1. The monoisotopic (exact) mass is 368 g/mol. The maximum absolute atomic E-state index is 13.5. The molecule has 0 unspecified atom stereocenters. The molecule has 0 bridgehead atoms. The molecule has 1 aromatic carbocycles. The standard InChI is InChI=1S/C14H18BrFN6/c1-3-17-14(19-8-13-20-9-21-22(13)2)18-7-10-4-5-11(15)12(16)6-10/h4-6,9H,3,7-8H2,1-2H3,(H2,17,18,19). The molecule has 118 valence electrons. The van der Waals surface area contributed by atoms with Crippen LogP contribution in [-0.2, 0) is 20.1 Å². The first kappa shape index (κ1) is 16.4. The SMILES string of the molecule is CCNC(=NCc1ccc(Br)c(F)c1)NCc1ncnn1C. The predicted molar refractivity (Wildman–Crippen MR) is 86.8 cm³/mol. The molecule has 0 amide bonds. The molecule has 1 heterocycles. The number of aryl methyl sites for hydroxylation is 1. The summed E-state index contributed by atoms with van der Waals surface area (Å²) in [7, 11) is 1.83. The van der Waals surface area contributed by atoms with E-state index < -0.39 is 0 Å². The molecule has 1 aromatic heterocycles. The van der Waals surface area contributed by atoms with Crippen LogP contribution in [0, 0.1) is 5.82 Å². The third-order valence-electron chi connectivity index (χ3n) is 2.97. The Balaban J connectivity index is 2.00. The Morgan fingerprint density at radius 3 is 2.86 bits per heavy atom. The maximum atomic E-state index is 13.5. The lowest BCUT2D eigenvalue weighted by Gasteiger charge is -2.11. The minimum Gasteiger partial charge on any atom is -0.357 e. The summed E-state index contributed by atoms with van der Waals surface area (Å²) in [5.74, 6) is 1.17. The van der Waals surface area contributed by atoms with E-state index in [2.05, 4.69) is 41.6 Å². The van der Waals surface area contributed by atoms with E-state index in [1.165, 1.54) is 12.4 Å². The summed E-state index contributed by atoms with van der Waals surface area (Å²) < 4.78 is 15.6. The van der Waals surface area contributed by atoms with Crippen molar-refractivity contribution in [2.24, 2.45) is 12.0 Å². The van der Waals surface area contributed by atoms with Gasteiger partial charge in [0, 0.05) is 13.6 Å². The van der Waals surface area contributed by atoms with Crippen molar-refractivity contribution in [3.8, 4) is 0 Å². The van der Waals surface area contributed by atoms with E-state index in [9.17, 15) is 4.39 Å². The van der Waals surface area contributed by atoms with E-state index in [1.807, 2.05) is 20.0 Å². The summed E-state index contributed by atoms with van der Waals surface area (Å²) in [4.78, 5) is 8.58. The topological polar surface area (TPSA) is 67.1 Å². The lowest BCUT2D eigenvalue weighted by atomic mass is 10.2. The molecule has 0 fully saturated rings. The van der Waals surface area contributed by atoms with Crippen LogP contribution in [0.2, 0.25) is 0 Å². The molecule has 22 heavy (non-hydrogen) atoms. The highest BCUT2D eigenvalue weighted by molar-refractivity contribution is 9.10. The average Bonchev–Trinajstić information content (AvgIpc) is 2.91. The summed E-state index contributed by atoms with van der Waals surface area (Å²) in [6.07, 6.45) is 1.51. The predicted octanol–water partition coefficient (Wildman–Crippen LogP) is 1.97. The number of rotatable bonds is 5. The Morgan fingerprint density at radius 1 is 1.41 bits per heavy atom. The molecule has 0 spiro atoms. The van der Waals surface area contributed by atoms with E-state index in [4.69, 9.17) is 0 Å². The third kappa shape index (κ3) is 4.52. The molecule has 2 N–H and O–H groups in total. The number of nitrogens with zero attached hydrogens (tertiary/aromatic N) is 4. The molecule has 2 aromatic rings. The fraction of sp³-hybridized carbons (Fsp3) is 0.357. The van der Waals surface area contributed by atoms with Crippen molar-refractivity contribution in [1.82, 2.24) is 25.4 Å². The van der Waals surface area contributed by atoms with Gasteiger partial charge in [-0.15, -0.1) is 0 Å². The fourth-order valence-corrected chi connectivity index (χ4v) is 2.04. The lowest BCUT2D eigenvalue weighted by molar-refractivity contribution is 0.618. The molecule has 0 aliphatic heterocycles. The summed E-state index contributed by atoms with van der Waals surface area (Å²) in [6, 6.07) is 4.99. The van der Waals surface area contributed by atoms with Crippen molar-refractivity contribution in [1.29, 1.82) is 0 Å². The molecule has 0 radical (unpaired) electrons. The van der Waals surface area contributed by atoms with Crippen LogP contribution in [-0.4, -0.2) is 27.3 Å². The molecular formula is C14H18BrFN6. The van der Waals surface area contributed by atoms with Gasteiger partial charge in [-0.05, 0) is 40.5 Å². The largest absolute Gasteiger partial charge is 0.357 e. The first-order valence-corrected chi connectivity index (χ1v) is 7.68. The van der Waals surface area contributed by atoms with Crippen molar-refractivity contribution in [2.75, 3.05) is 6.54 Å². The number of hydrogen-bond donors (Lipinski definition) is 2. The molecule has 6 nitrogen and oxygen atoms in total.